The summed E-state index contributed by atoms with van der Waals surface area (Å²) in [5, 5.41) is 7.59. The zero-order valence-corrected chi connectivity index (χ0v) is 9.19. The van der Waals surface area contributed by atoms with Gasteiger partial charge in [-0.25, -0.2) is 4.98 Å². The number of hydrogen-bond acceptors (Lipinski definition) is 3. The fraction of sp³-hybridized carbons (Fsp3) is 0.500. The fourth-order valence-electron chi connectivity index (χ4n) is 3.02. The van der Waals surface area contributed by atoms with Crippen LogP contribution in [0, 0.1) is 11.3 Å². The predicted octanol–water partition coefficient (Wildman–Crippen LogP) is 1.35. The van der Waals surface area contributed by atoms with Gasteiger partial charge in [-0.2, -0.15) is 0 Å². The summed E-state index contributed by atoms with van der Waals surface area (Å²) in [6, 6.07) is 4.35. The van der Waals surface area contributed by atoms with E-state index in [9.17, 15) is 0 Å². The van der Waals surface area contributed by atoms with Gasteiger partial charge in [0.15, 0.2) is 0 Å². The minimum Gasteiger partial charge on any atom is -0.384 e. The van der Waals surface area contributed by atoms with Gasteiger partial charge in [0.2, 0.25) is 0 Å². The molecular formula is C12H16N4. The van der Waals surface area contributed by atoms with Crippen molar-refractivity contribution < 1.29 is 0 Å². The van der Waals surface area contributed by atoms with Crippen molar-refractivity contribution in [2.24, 2.45) is 11.7 Å². The minimum atomic E-state index is 0.117. The number of pyridine rings is 1. The van der Waals surface area contributed by atoms with Gasteiger partial charge < -0.3 is 10.6 Å². The van der Waals surface area contributed by atoms with Crippen LogP contribution in [-0.2, 0) is 0 Å². The number of nitrogens with two attached hydrogens (primary N) is 1. The van der Waals surface area contributed by atoms with Gasteiger partial charge in [0.25, 0.3) is 0 Å². The highest BCUT2D eigenvalue weighted by molar-refractivity contribution is 5.99. The fourth-order valence-corrected chi connectivity index (χ4v) is 3.02. The largest absolute Gasteiger partial charge is 0.384 e. The number of piperidine rings is 1. The predicted molar refractivity (Wildman–Crippen MR) is 63.7 cm³/mol. The summed E-state index contributed by atoms with van der Waals surface area (Å²) in [4.78, 5) is 6.74. The van der Waals surface area contributed by atoms with Gasteiger partial charge in [0.1, 0.15) is 11.7 Å². The number of nitrogens with zero attached hydrogens (tertiary/aromatic N) is 2. The minimum absolute atomic E-state index is 0.117. The SMILES string of the molecule is N=C(N)c1cccnc1N1CC2CCC1C2. The molecule has 16 heavy (non-hydrogen) atoms. The van der Waals surface area contributed by atoms with Crippen molar-refractivity contribution in [3.05, 3.63) is 23.9 Å². The summed E-state index contributed by atoms with van der Waals surface area (Å²) in [6.07, 6.45) is 5.68. The molecule has 1 saturated carbocycles. The van der Waals surface area contributed by atoms with E-state index in [2.05, 4.69) is 9.88 Å². The Balaban J connectivity index is 1.97. The molecule has 4 heteroatoms. The van der Waals surface area contributed by atoms with Crippen LogP contribution < -0.4 is 10.6 Å². The topological polar surface area (TPSA) is 66.0 Å². The molecule has 2 unspecified atom stereocenters. The first kappa shape index (κ1) is 9.63. The third kappa shape index (κ3) is 1.37. The maximum absolute atomic E-state index is 7.59. The second-order valence-corrected chi connectivity index (χ2v) is 4.77. The van der Waals surface area contributed by atoms with Gasteiger partial charge in [-0.05, 0) is 37.3 Å². The number of aromatic nitrogens is 1. The molecule has 0 spiro atoms. The number of rotatable bonds is 2. The lowest BCUT2D eigenvalue weighted by atomic mass is 10.1. The summed E-state index contributed by atoms with van der Waals surface area (Å²) in [5.74, 6) is 1.85. The van der Waals surface area contributed by atoms with Crippen LogP contribution in [0.25, 0.3) is 0 Å². The highest BCUT2D eigenvalue weighted by atomic mass is 15.2. The van der Waals surface area contributed by atoms with Crippen molar-refractivity contribution in [2.45, 2.75) is 25.3 Å². The van der Waals surface area contributed by atoms with Gasteiger partial charge in [-0.3, -0.25) is 5.41 Å². The maximum atomic E-state index is 7.59. The van der Waals surface area contributed by atoms with E-state index >= 15 is 0 Å². The third-order valence-corrected chi connectivity index (χ3v) is 3.76. The second kappa shape index (κ2) is 3.47. The van der Waals surface area contributed by atoms with Crippen molar-refractivity contribution in [2.75, 3.05) is 11.4 Å². The Morgan fingerprint density at radius 2 is 2.38 bits per heavy atom. The Bertz CT molecular complexity index is 429. The number of nitrogen functional groups attached to an aromatic ring is 1. The molecule has 3 rings (SSSR count). The van der Waals surface area contributed by atoms with Crippen LogP contribution in [0.1, 0.15) is 24.8 Å². The molecule has 1 aliphatic heterocycles. The van der Waals surface area contributed by atoms with Crippen molar-refractivity contribution in [3.63, 3.8) is 0 Å². The Labute approximate surface area is 95.0 Å². The molecule has 0 radical (unpaired) electrons. The van der Waals surface area contributed by atoms with Crippen molar-refractivity contribution in [3.8, 4) is 0 Å². The van der Waals surface area contributed by atoms with Crippen molar-refractivity contribution >= 4 is 11.7 Å². The summed E-state index contributed by atoms with van der Waals surface area (Å²) in [5.41, 5.74) is 6.37. The molecule has 84 valence electrons. The average molecular weight is 216 g/mol. The lowest BCUT2D eigenvalue weighted by Crippen LogP contribution is -2.34. The van der Waals surface area contributed by atoms with Crippen LogP contribution in [0.5, 0.6) is 0 Å². The van der Waals surface area contributed by atoms with Gasteiger partial charge in [-0.1, -0.05) is 0 Å². The van der Waals surface area contributed by atoms with Crippen LogP contribution in [0.2, 0.25) is 0 Å². The van der Waals surface area contributed by atoms with Crippen LogP contribution in [0.3, 0.4) is 0 Å². The zero-order valence-electron chi connectivity index (χ0n) is 9.19. The van der Waals surface area contributed by atoms with Gasteiger partial charge in [0, 0.05) is 18.8 Å². The van der Waals surface area contributed by atoms with E-state index in [4.69, 9.17) is 11.1 Å². The summed E-state index contributed by atoms with van der Waals surface area (Å²) in [7, 11) is 0. The van der Waals surface area contributed by atoms with Crippen LogP contribution in [-0.4, -0.2) is 23.4 Å². The summed E-state index contributed by atoms with van der Waals surface area (Å²) in [6.45, 7) is 1.09. The summed E-state index contributed by atoms with van der Waals surface area (Å²) >= 11 is 0. The quantitative estimate of drug-likeness (QED) is 0.579. The molecule has 0 amide bonds. The van der Waals surface area contributed by atoms with Crippen molar-refractivity contribution in [1.29, 1.82) is 5.41 Å². The smallest absolute Gasteiger partial charge is 0.139 e. The van der Waals surface area contributed by atoms with E-state index in [0.29, 0.717) is 6.04 Å². The number of amidine groups is 1. The molecule has 2 heterocycles. The molecule has 1 aromatic heterocycles. The molecule has 1 saturated heterocycles. The lowest BCUT2D eigenvalue weighted by molar-refractivity contribution is 0.550. The molecule has 3 N–H and O–H groups in total. The molecule has 1 aliphatic carbocycles. The second-order valence-electron chi connectivity index (χ2n) is 4.77. The van der Waals surface area contributed by atoms with Crippen LogP contribution in [0.15, 0.2) is 18.3 Å². The normalized spacial score (nSPS) is 27.4. The third-order valence-electron chi connectivity index (χ3n) is 3.76. The molecule has 2 aliphatic rings. The van der Waals surface area contributed by atoms with E-state index in [1.807, 2.05) is 12.1 Å². The number of hydrogen-bond donors (Lipinski definition) is 2. The van der Waals surface area contributed by atoms with Crippen molar-refractivity contribution in [1.82, 2.24) is 4.98 Å². The highest BCUT2D eigenvalue weighted by Crippen LogP contribution is 2.40. The van der Waals surface area contributed by atoms with Crippen LogP contribution in [0.4, 0.5) is 5.82 Å². The lowest BCUT2D eigenvalue weighted by Gasteiger charge is -2.29. The van der Waals surface area contributed by atoms with Gasteiger partial charge in [-0.15, -0.1) is 0 Å². The van der Waals surface area contributed by atoms with E-state index < -0.39 is 0 Å². The number of nitrogens with one attached hydrogen (secondary N) is 1. The van der Waals surface area contributed by atoms with E-state index in [-0.39, 0.29) is 5.84 Å². The number of anilines is 1. The molecule has 1 aromatic rings. The monoisotopic (exact) mass is 216 g/mol. The molecular weight excluding hydrogens is 200 g/mol. The van der Waals surface area contributed by atoms with E-state index in [0.717, 1.165) is 23.8 Å². The average Bonchev–Trinajstić information content (AvgIpc) is 2.90. The first-order valence-corrected chi connectivity index (χ1v) is 5.82. The Hall–Kier alpha value is -1.58. The molecule has 4 nitrogen and oxygen atoms in total. The van der Waals surface area contributed by atoms with Gasteiger partial charge >= 0.3 is 0 Å². The van der Waals surface area contributed by atoms with Gasteiger partial charge in [0.05, 0.1) is 5.56 Å². The summed E-state index contributed by atoms with van der Waals surface area (Å²) < 4.78 is 0. The van der Waals surface area contributed by atoms with Crippen LogP contribution >= 0.6 is 0 Å². The molecule has 2 fully saturated rings. The zero-order chi connectivity index (χ0) is 11.1. The Kier molecular flexibility index (Phi) is 2.09. The maximum Gasteiger partial charge on any atom is 0.139 e. The Morgan fingerprint density at radius 3 is 3.00 bits per heavy atom. The number of fused-ring (bicyclic) bond motifs is 2. The Morgan fingerprint density at radius 1 is 1.50 bits per heavy atom. The van der Waals surface area contributed by atoms with E-state index in [1.54, 1.807) is 6.20 Å². The first-order chi connectivity index (χ1) is 7.75. The van der Waals surface area contributed by atoms with E-state index in [1.165, 1.54) is 19.3 Å². The molecule has 2 bridgehead atoms. The molecule has 0 aromatic carbocycles. The first-order valence-electron chi connectivity index (χ1n) is 5.82. The highest BCUT2D eigenvalue weighted by Gasteiger charge is 2.39. The standard InChI is InChI=1S/C12H16N4/c13-11(14)10-2-1-5-15-12(10)16-7-8-3-4-9(16)6-8/h1-2,5,8-9H,3-4,6-7H2,(H3,13,14). The molecule has 2 atom stereocenters.